The predicted molar refractivity (Wildman–Crippen MR) is 147 cm³/mol. The Morgan fingerprint density at radius 3 is 2.53 bits per heavy atom. The molecular formula is C31H31FN4O2. The van der Waals surface area contributed by atoms with E-state index in [9.17, 15) is 9.18 Å². The van der Waals surface area contributed by atoms with Gasteiger partial charge in [-0.1, -0.05) is 37.6 Å². The Morgan fingerprint density at radius 1 is 1.05 bits per heavy atom. The van der Waals surface area contributed by atoms with Gasteiger partial charge in [-0.3, -0.25) is 4.79 Å². The molecule has 0 atom stereocenters. The molecule has 1 aliphatic carbocycles. The minimum Gasteiger partial charge on any atom is -0.481 e. The summed E-state index contributed by atoms with van der Waals surface area (Å²) in [4.78, 5) is 21.7. The summed E-state index contributed by atoms with van der Waals surface area (Å²) in [7, 11) is 1.46. The summed E-state index contributed by atoms with van der Waals surface area (Å²) in [6, 6.07) is 15.1. The predicted octanol–water partition coefficient (Wildman–Crippen LogP) is 5.56. The SMILES string of the molecule is CCCc1cc(N)nc(C)c1CNC(=O)c1ccc2c(c1)Cc1cc(-c3cnc(OC)cc3F)ccc1C2. The van der Waals surface area contributed by atoms with Crippen LogP contribution in [0.2, 0.25) is 0 Å². The van der Waals surface area contributed by atoms with Gasteiger partial charge in [0.05, 0.1) is 7.11 Å². The molecule has 0 bridgehead atoms. The number of halogens is 1. The number of methoxy groups -OCH3 is 1. The van der Waals surface area contributed by atoms with Gasteiger partial charge in [0.2, 0.25) is 5.88 Å². The van der Waals surface area contributed by atoms with E-state index in [1.807, 2.05) is 43.3 Å². The number of hydrogen-bond acceptors (Lipinski definition) is 5. The number of ether oxygens (including phenoxy) is 1. The maximum absolute atomic E-state index is 14.7. The Morgan fingerprint density at radius 2 is 1.79 bits per heavy atom. The van der Waals surface area contributed by atoms with Crippen molar-refractivity contribution in [3.05, 3.63) is 105 Å². The summed E-state index contributed by atoms with van der Waals surface area (Å²) in [5, 5.41) is 3.07. The summed E-state index contributed by atoms with van der Waals surface area (Å²) in [5.41, 5.74) is 15.4. The molecule has 0 saturated heterocycles. The van der Waals surface area contributed by atoms with Gasteiger partial charge in [-0.15, -0.1) is 0 Å². The molecule has 0 spiro atoms. The second-order valence-electron chi connectivity index (χ2n) is 9.73. The highest BCUT2D eigenvalue weighted by molar-refractivity contribution is 5.94. The lowest BCUT2D eigenvalue weighted by atomic mass is 9.84. The zero-order chi connectivity index (χ0) is 26.8. The summed E-state index contributed by atoms with van der Waals surface area (Å²) in [6.07, 6.45) is 4.81. The molecule has 2 aromatic carbocycles. The Balaban J connectivity index is 1.35. The van der Waals surface area contributed by atoms with Crippen molar-refractivity contribution in [3.8, 4) is 17.0 Å². The number of amides is 1. The van der Waals surface area contributed by atoms with Crippen LogP contribution in [0.25, 0.3) is 11.1 Å². The van der Waals surface area contributed by atoms with Crippen LogP contribution in [0.1, 0.15) is 62.8 Å². The van der Waals surface area contributed by atoms with E-state index >= 15 is 0 Å². The first-order valence-electron chi connectivity index (χ1n) is 12.8. The van der Waals surface area contributed by atoms with E-state index in [4.69, 9.17) is 10.5 Å². The van der Waals surface area contributed by atoms with E-state index in [0.29, 0.717) is 29.9 Å². The molecule has 1 amide bonds. The van der Waals surface area contributed by atoms with Gasteiger partial charge in [0.1, 0.15) is 11.6 Å². The lowest BCUT2D eigenvalue weighted by molar-refractivity contribution is 0.0950. The van der Waals surface area contributed by atoms with Crippen LogP contribution in [-0.2, 0) is 25.8 Å². The molecule has 0 radical (unpaired) electrons. The van der Waals surface area contributed by atoms with Crippen molar-refractivity contribution in [2.24, 2.45) is 0 Å². The highest BCUT2D eigenvalue weighted by Gasteiger charge is 2.19. The molecule has 4 aromatic rings. The number of fused-ring (bicyclic) bond motifs is 2. The number of aryl methyl sites for hydroxylation is 2. The van der Waals surface area contributed by atoms with Gasteiger partial charge < -0.3 is 15.8 Å². The van der Waals surface area contributed by atoms with E-state index in [2.05, 4.69) is 28.3 Å². The van der Waals surface area contributed by atoms with E-state index < -0.39 is 0 Å². The van der Waals surface area contributed by atoms with Crippen LogP contribution in [-0.4, -0.2) is 23.0 Å². The van der Waals surface area contributed by atoms with Crippen molar-refractivity contribution in [3.63, 3.8) is 0 Å². The lowest BCUT2D eigenvalue weighted by Crippen LogP contribution is -2.25. The number of aromatic nitrogens is 2. The Labute approximate surface area is 222 Å². The molecule has 7 heteroatoms. The number of carbonyl (C=O) groups is 1. The van der Waals surface area contributed by atoms with Gasteiger partial charge in [-0.25, -0.2) is 14.4 Å². The fourth-order valence-electron chi connectivity index (χ4n) is 5.18. The van der Waals surface area contributed by atoms with Crippen LogP contribution in [0, 0.1) is 12.7 Å². The molecule has 6 nitrogen and oxygen atoms in total. The number of hydrogen-bond donors (Lipinski definition) is 2. The average Bonchev–Trinajstić information content (AvgIpc) is 2.90. The molecule has 0 aliphatic heterocycles. The van der Waals surface area contributed by atoms with Gasteiger partial charge in [0.15, 0.2) is 0 Å². The summed E-state index contributed by atoms with van der Waals surface area (Å²) >= 11 is 0. The zero-order valence-corrected chi connectivity index (χ0v) is 21.9. The number of carbonyl (C=O) groups excluding carboxylic acids is 1. The monoisotopic (exact) mass is 510 g/mol. The first-order valence-corrected chi connectivity index (χ1v) is 12.8. The number of nitrogens with zero attached hydrogens (tertiary/aromatic N) is 2. The quantitative estimate of drug-likeness (QED) is 0.299. The van der Waals surface area contributed by atoms with Crippen LogP contribution in [0.15, 0.2) is 54.7 Å². The van der Waals surface area contributed by atoms with E-state index in [1.54, 1.807) is 0 Å². The van der Waals surface area contributed by atoms with Crippen molar-refractivity contribution in [1.82, 2.24) is 15.3 Å². The fraction of sp³-hybridized carbons (Fsp3) is 0.258. The minimum absolute atomic E-state index is 0.127. The topological polar surface area (TPSA) is 90.1 Å². The number of nitrogens with one attached hydrogen (secondary N) is 1. The number of nitrogens with two attached hydrogens (primary N) is 1. The Hall–Kier alpha value is -4.26. The van der Waals surface area contributed by atoms with Gasteiger partial charge in [-0.2, -0.15) is 0 Å². The number of rotatable bonds is 7. The highest BCUT2D eigenvalue weighted by atomic mass is 19.1. The molecule has 5 rings (SSSR count). The summed E-state index contributed by atoms with van der Waals surface area (Å²) in [6.45, 7) is 4.44. The van der Waals surface area contributed by atoms with Gasteiger partial charge >= 0.3 is 0 Å². The van der Waals surface area contributed by atoms with Crippen LogP contribution in [0.5, 0.6) is 5.88 Å². The Kier molecular flexibility index (Phi) is 7.09. The third-order valence-corrected chi connectivity index (χ3v) is 7.17. The normalized spacial score (nSPS) is 12.0. The van der Waals surface area contributed by atoms with Crippen LogP contribution in [0.4, 0.5) is 10.2 Å². The van der Waals surface area contributed by atoms with Crippen molar-refractivity contribution >= 4 is 11.7 Å². The second kappa shape index (κ2) is 10.6. The van der Waals surface area contributed by atoms with Crippen molar-refractivity contribution in [1.29, 1.82) is 0 Å². The average molecular weight is 511 g/mol. The number of anilines is 1. The van der Waals surface area contributed by atoms with Crippen molar-refractivity contribution in [2.75, 3.05) is 12.8 Å². The first kappa shape index (κ1) is 25.4. The number of nitrogen functional groups attached to an aromatic ring is 1. The number of pyridine rings is 2. The molecule has 2 heterocycles. The third kappa shape index (κ3) is 5.09. The highest BCUT2D eigenvalue weighted by Crippen LogP contribution is 2.32. The minimum atomic E-state index is -0.374. The molecule has 38 heavy (non-hydrogen) atoms. The molecule has 194 valence electrons. The van der Waals surface area contributed by atoms with E-state index in [0.717, 1.165) is 52.8 Å². The third-order valence-electron chi connectivity index (χ3n) is 7.17. The van der Waals surface area contributed by atoms with Gasteiger partial charge in [-0.05, 0) is 83.3 Å². The van der Waals surface area contributed by atoms with Crippen LogP contribution < -0.4 is 15.8 Å². The maximum Gasteiger partial charge on any atom is 0.251 e. The zero-order valence-electron chi connectivity index (χ0n) is 21.9. The standard InChI is InChI=1S/C31H31FN4O2/c1-4-5-21-14-29(33)36-18(2)26(21)16-35-31(37)23-9-7-20-10-19-6-8-22(11-24(19)13-25(20)12-23)27-17-34-30(38-3)15-28(27)32/h6-9,11-12,14-15,17H,4-5,10,13,16H2,1-3H3,(H2,33,36)(H,35,37). The molecule has 0 fully saturated rings. The molecule has 1 aliphatic rings. The van der Waals surface area contributed by atoms with E-state index in [1.165, 1.54) is 30.5 Å². The van der Waals surface area contributed by atoms with Gasteiger partial charge in [0, 0.05) is 35.6 Å². The Bertz CT molecular complexity index is 1530. The largest absolute Gasteiger partial charge is 0.481 e. The van der Waals surface area contributed by atoms with E-state index in [-0.39, 0.29) is 17.6 Å². The summed E-state index contributed by atoms with van der Waals surface area (Å²) in [5.74, 6) is 0.247. The fourth-order valence-corrected chi connectivity index (χ4v) is 5.18. The number of benzene rings is 2. The molecule has 0 saturated carbocycles. The lowest BCUT2D eigenvalue weighted by Gasteiger charge is -2.21. The summed E-state index contributed by atoms with van der Waals surface area (Å²) < 4.78 is 19.7. The molecule has 2 aromatic heterocycles. The van der Waals surface area contributed by atoms with Crippen molar-refractivity contribution < 1.29 is 13.9 Å². The smallest absolute Gasteiger partial charge is 0.251 e. The van der Waals surface area contributed by atoms with Crippen LogP contribution >= 0.6 is 0 Å². The molecular weight excluding hydrogens is 479 g/mol. The molecule has 3 N–H and O–H groups in total. The van der Waals surface area contributed by atoms with Crippen LogP contribution in [0.3, 0.4) is 0 Å². The van der Waals surface area contributed by atoms with Gasteiger partial charge in [0.25, 0.3) is 5.91 Å². The molecule has 0 unspecified atom stereocenters. The second-order valence-corrected chi connectivity index (χ2v) is 9.73. The van der Waals surface area contributed by atoms with Crippen molar-refractivity contribution in [2.45, 2.75) is 46.1 Å². The first-order chi connectivity index (χ1) is 18.4. The maximum atomic E-state index is 14.7.